The van der Waals surface area contributed by atoms with Gasteiger partial charge in [-0.25, -0.2) is 14.7 Å². The molecule has 1 fully saturated rings. The molecule has 34 heavy (non-hydrogen) atoms. The average molecular weight is 468 g/mol. The van der Waals surface area contributed by atoms with Gasteiger partial charge in [-0.2, -0.15) is 5.10 Å². The number of hydrogen-bond donors (Lipinski definition) is 0. The lowest BCUT2D eigenvalue weighted by Crippen LogP contribution is -2.23. The predicted octanol–water partition coefficient (Wildman–Crippen LogP) is 5.18. The van der Waals surface area contributed by atoms with Crippen molar-refractivity contribution in [2.24, 2.45) is 4.99 Å². The summed E-state index contributed by atoms with van der Waals surface area (Å²) in [7, 11) is 3.36. The summed E-state index contributed by atoms with van der Waals surface area (Å²) < 4.78 is 7.12. The zero-order valence-corrected chi connectivity index (χ0v) is 19.4. The smallest absolute Gasteiger partial charge is 0.266 e. The van der Waals surface area contributed by atoms with Crippen LogP contribution in [0.15, 0.2) is 95.1 Å². The molecule has 0 spiro atoms. The fraction of sp³-hybridized carbons (Fsp3) is 0.0769. The van der Waals surface area contributed by atoms with Gasteiger partial charge in [0.05, 0.1) is 23.4 Å². The molecule has 1 amide bonds. The Kier molecular flexibility index (Phi) is 5.97. The van der Waals surface area contributed by atoms with E-state index < -0.39 is 0 Å². The predicted molar refractivity (Wildman–Crippen MR) is 135 cm³/mol. The maximum atomic E-state index is 13.0. The van der Waals surface area contributed by atoms with E-state index >= 15 is 0 Å². The maximum Gasteiger partial charge on any atom is 0.266 e. The van der Waals surface area contributed by atoms with E-state index in [9.17, 15) is 4.79 Å². The molecule has 0 radical (unpaired) electrons. The average Bonchev–Trinajstić information content (AvgIpc) is 3.42. The molecular formula is C26H21N5O2S. The zero-order valence-electron chi connectivity index (χ0n) is 18.6. The number of carbonyl (C=O) groups excluding carboxylic acids is 1. The third-order valence-electron chi connectivity index (χ3n) is 5.28. The number of para-hydroxylation sites is 1. The van der Waals surface area contributed by atoms with Crippen LogP contribution in [0.2, 0.25) is 0 Å². The number of hydrogen-bond acceptors (Lipinski definition) is 6. The van der Waals surface area contributed by atoms with Crippen LogP contribution in [0.4, 0.5) is 5.82 Å². The molecule has 0 aliphatic carbocycles. The molecule has 0 unspecified atom stereocenters. The van der Waals surface area contributed by atoms with Crippen LogP contribution in [0.25, 0.3) is 23.0 Å². The molecule has 1 aliphatic heterocycles. The Morgan fingerprint density at radius 2 is 1.76 bits per heavy atom. The number of pyridine rings is 1. The fourth-order valence-electron chi connectivity index (χ4n) is 3.49. The number of thioether (sulfide) groups is 1. The first-order valence-corrected chi connectivity index (χ1v) is 11.4. The van der Waals surface area contributed by atoms with Crippen molar-refractivity contribution in [1.82, 2.24) is 19.7 Å². The van der Waals surface area contributed by atoms with Crippen molar-refractivity contribution >= 4 is 34.7 Å². The van der Waals surface area contributed by atoms with Gasteiger partial charge >= 0.3 is 0 Å². The minimum Gasteiger partial charge on any atom is -0.497 e. The molecule has 0 bridgehead atoms. The van der Waals surface area contributed by atoms with Crippen LogP contribution >= 0.6 is 11.8 Å². The number of ether oxygens (including phenoxy) is 1. The second kappa shape index (κ2) is 9.36. The SMILES string of the molecule is COc1ccc(-c2nn(-c3ccccc3)cc2/C=C2\S/C(=N/c3ccccn3)N(C)C2=O)cc1. The van der Waals surface area contributed by atoms with Gasteiger partial charge in [0.2, 0.25) is 0 Å². The van der Waals surface area contributed by atoms with Crippen molar-refractivity contribution < 1.29 is 9.53 Å². The summed E-state index contributed by atoms with van der Waals surface area (Å²) in [6.07, 6.45) is 5.48. The molecule has 7 nitrogen and oxygen atoms in total. The highest BCUT2D eigenvalue weighted by Crippen LogP contribution is 2.35. The summed E-state index contributed by atoms with van der Waals surface area (Å²) in [4.78, 5) is 23.9. The summed E-state index contributed by atoms with van der Waals surface area (Å²) >= 11 is 1.32. The second-order valence-corrected chi connectivity index (χ2v) is 8.51. The molecule has 2 aromatic heterocycles. The Bertz CT molecular complexity index is 1380. The van der Waals surface area contributed by atoms with Gasteiger partial charge in [0.15, 0.2) is 11.0 Å². The summed E-state index contributed by atoms with van der Waals surface area (Å²) in [5.41, 5.74) is 3.46. The number of amidine groups is 1. The first kappa shape index (κ1) is 21.7. The van der Waals surface area contributed by atoms with Gasteiger partial charge in [0.25, 0.3) is 5.91 Å². The Balaban J connectivity index is 1.56. The molecule has 0 atom stereocenters. The number of amides is 1. The highest BCUT2D eigenvalue weighted by molar-refractivity contribution is 8.18. The summed E-state index contributed by atoms with van der Waals surface area (Å²) in [6, 6.07) is 23.1. The molecular weight excluding hydrogens is 446 g/mol. The third-order valence-corrected chi connectivity index (χ3v) is 6.34. The molecule has 0 N–H and O–H groups in total. The molecule has 168 valence electrons. The minimum absolute atomic E-state index is 0.118. The molecule has 3 heterocycles. The molecule has 4 aromatic rings. The van der Waals surface area contributed by atoms with E-state index in [1.807, 2.05) is 83.7 Å². The van der Waals surface area contributed by atoms with Crippen LogP contribution < -0.4 is 4.74 Å². The number of aromatic nitrogens is 3. The Morgan fingerprint density at radius 1 is 1.00 bits per heavy atom. The number of nitrogens with zero attached hydrogens (tertiary/aromatic N) is 5. The lowest BCUT2D eigenvalue weighted by Gasteiger charge is -2.06. The lowest BCUT2D eigenvalue weighted by molar-refractivity contribution is -0.121. The molecule has 1 saturated heterocycles. The fourth-order valence-corrected chi connectivity index (χ4v) is 4.46. The number of carbonyl (C=O) groups is 1. The first-order chi connectivity index (χ1) is 16.6. The van der Waals surface area contributed by atoms with E-state index in [1.54, 1.807) is 31.3 Å². The van der Waals surface area contributed by atoms with E-state index in [-0.39, 0.29) is 5.91 Å². The van der Waals surface area contributed by atoms with Gasteiger partial charge in [-0.3, -0.25) is 9.69 Å². The van der Waals surface area contributed by atoms with Crippen molar-refractivity contribution in [2.45, 2.75) is 0 Å². The van der Waals surface area contributed by atoms with Crippen LogP contribution in [0.1, 0.15) is 5.56 Å². The van der Waals surface area contributed by atoms with Gasteiger partial charge in [-0.15, -0.1) is 0 Å². The van der Waals surface area contributed by atoms with Gasteiger partial charge in [-0.1, -0.05) is 24.3 Å². The Labute approximate surface area is 201 Å². The third kappa shape index (κ3) is 4.35. The number of likely N-dealkylation sites (N-methyl/N-ethyl adjacent to an activating group) is 1. The Hall–Kier alpha value is -4.17. The van der Waals surface area contributed by atoms with E-state index in [0.29, 0.717) is 15.9 Å². The molecule has 1 aliphatic rings. The number of aliphatic imine (C=N–C) groups is 1. The monoisotopic (exact) mass is 467 g/mol. The highest BCUT2D eigenvalue weighted by Gasteiger charge is 2.31. The standard InChI is InChI=1S/C26H21N5O2S/c1-30-25(32)22(34-26(30)28-23-10-6-7-15-27-23)16-19-17-31(20-8-4-3-5-9-20)29-24(19)18-11-13-21(33-2)14-12-18/h3-17H,1-2H3/b22-16-,28-26+. The number of methoxy groups -OCH3 is 1. The Morgan fingerprint density at radius 3 is 2.47 bits per heavy atom. The number of rotatable bonds is 5. The van der Waals surface area contributed by atoms with Gasteiger partial charge in [0, 0.05) is 30.6 Å². The van der Waals surface area contributed by atoms with Crippen LogP contribution in [-0.2, 0) is 4.79 Å². The van der Waals surface area contributed by atoms with E-state index in [2.05, 4.69) is 9.98 Å². The molecule has 0 saturated carbocycles. The normalized spacial score (nSPS) is 15.9. The van der Waals surface area contributed by atoms with Gasteiger partial charge in [-0.05, 0) is 66.4 Å². The quantitative estimate of drug-likeness (QED) is 0.378. The second-order valence-electron chi connectivity index (χ2n) is 7.50. The van der Waals surface area contributed by atoms with Crippen LogP contribution in [-0.4, -0.2) is 44.9 Å². The molecule has 8 heteroatoms. The molecule has 5 rings (SSSR count). The van der Waals surface area contributed by atoms with Crippen molar-refractivity contribution in [2.75, 3.05) is 14.2 Å². The summed E-state index contributed by atoms with van der Waals surface area (Å²) in [5.74, 6) is 1.21. The van der Waals surface area contributed by atoms with Crippen molar-refractivity contribution in [3.8, 4) is 22.7 Å². The van der Waals surface area contributed by atoms with Gasteiger partial charge < -0.3 is 4.74 Å². The summed E-state index contributed by atoms with van der Waals surface area (Å²) in [5, 5.41) is 5.42. The minimum atomic E-state index is -0.118. The largest absolute Gasteiger partial charge is 0.497 e. The van der Waals surface area contributed by atoms with Crippen LogP contribution in [0, 0.1) is 0 Å². The lowest BCUT2D eigenvalue weighted by atomic mass is 10.1. The number of benzene rings is 2. The van der Waals surface area contributed by atoms with E-state index in [1.165, 1.54) is 11.8 Å². The topological polar surface area (TPSA) is 72.6 Å². The first-order valence-electron chi connectivity index (χ1n) is 10.6. The maximum absolute atomic E-state index is 13.0. The van der Waals surface area contributed by atoms with Crippen molar-refractivity contribution in [3.05, 3.63) is 95.7 Å². The zero-order chi connectivity index (χ0) is 23.5. The van der Waals surface area contributed by atoms with Gasteiger partial charge in [0.1, 0.15) is 5.75 Å². The summed E-state index contributed by atoms with van der Waals surface area (Å²) in [6.45, 7) is 0. The van der Waals surface area contributed by atoms with Crippen molar-refractivity contribution in [3.63, 3.8) is 0 Å². The van der Waals surface area contributed by atoms with E-state index in [0.717, 1.165) is 28.3 Å². The van der Waals surface area contributed by atoms with E-state index in [4.69, 9.17) is 9.84 Å². The van der Waals surface area contributed by atoms with Crippen LogP contribution in [0.3, 0.4) is 0 Å². The highest BCUT2D eigenvalue weighted by atomic mass is 32.2. The van der Waals surface area contributed by atoms with Crippen molar-refractivity contribution in [1.29, 1.82) is 0 Å². The van der Waals surface area contributed by atoms with Crippen LogP contribution in [0.5, 0.6) is 5.75 Å². The molecule has 2 aromatic carbocycles.